The van der Waals surface area contributed by atoms with Crippen molar-refractivity contribution in [3.8, 4) is 0 Å². The monoisotopic (exact) mass is 202 g/mol. The zero-order valence-corrected chi connectivity index (χ0v) is 9.03. The molecule has 5 nitrogen and oxygen atoms in total. The third-order valence-corrected chi connectivity index (χ3v) is 2.40. The molecule has 0 saturated heterocycles. The Balaban J connectivity index is 3.16. The van der Waals surface area contributed by atoms with E-state index in [9.17, 15) is 4.21 Å². The predicted molar refractivity (Wildman–Crippen MR) is 50.1 cm³/mol. The molecule has 0 fully saturated rings. The lowest BCUT2D eigenvalue weighted by Crippen LogP contribution is -2.13. The highest BCUT2D eigenvalue weighted by molar-refractivity contribution is 7.91. The minimum atomic E-state index is -2.80. The van der Waals surface area contributed by atoms with E-state index < -0.39 is 9.73 Å². The van der Waals surface area contributed by atoms with Crippen LogP contribution in [0, 0.1) is 4.78 Å². The average molecular weight is 202 g/mol. The van der Waals surface area contributed by atoms with Crippen molar-refractivity contribution in [1.29, 1.82) is 4.78 Å². The van der Waals surface area contributed by atoms with Crippen LogP contribution in [-0.2, 0) is 15.1 Å². The Hall–Kier alpha value is -0.910. The molecular weight excluding hydrogens is 188 g/mol. The molecule has 0 spiro atoms. The Morgan fingerprint density at radius 3 is 2.23 bits per heavy atom. The van der Waals surface area contributed by atoms with Crippen LogP contribution >= 0.6 is 0 Å². The molecule has 0 bridgehead atoms. The molecule has 74 valence electrons. The molecule has 1 heterocycles. The van der Waals surface area contributed by atoms with E-state index in [0.29, 0.717) is 5.82 Å². The fraction of sp³-hybridized carbons (Fsp3) is 0.714. The van der Waals surface area contributed by atoms with Gasteiger partial charge in [-0.15, -0.1) is 5.10 Å². The predicted octanol–water partition coefficient (Wildman–Crippen LogP) is 1.14. The van der Waals surface area contributed by atoms with Gasteiger partial charge in [0, 0.05) is 11.7 Å². The minimum absolute atomic E-state index is 0.0809. The first-order valence-corrected chi connectivity index (χ1v) is 5.84. The lowest BCUT2D eigenvalue weighted by Gasteiger charge is -2.12. The van der Waals surface area contributed by atoms with E-state index >= 15 is 0 Å². The van der Waals surface area contributed by atoms with Gasteiger partial charge in [-0.1, -0.05) is 20.8 Å². The second-order valence-electron chi connectivity index (χ2n) is 4.06. The summed E-state index contributed by atoms with van der Waals surface area (Å²) in [5.74, 6) is 0.657. The first kappa shape index (κ1) is 10.2. The molecule has 6 heteroatoms. The quantitative estimate of drug-likeness (QED) is 0.716. The third-order valence-electron chi connectivity index (χ3n) is 1.52. The third kappa shape index (κ3) is 2.27. The van der Waals surface area contributed by atoms with Crippen molar-refractivity contribution in [3.63, 3.8) is 0 Å². The molecule has 1 aromatic heterocycles. The van der Waals surface area contributed by atoms with Crippen LogP contribution in [0.3, 0.4) is 0 Å². The number of nitrogens with zero attached hydrogens (tertiary/aromatic N) is 2. The molecule has 2 N–H and O–H groups in total. The Morgan fingerprint density at radius 1 is 1.46 bits per heavy atom. The lowest BCUT2D eigenvalue weighted by atomic mass is 9.96. The fourth-order valence-corrected chi connectivity index (χ4v) is 1.24. The molecule has 1 rings (SSSR count). The Labute approximate surface area is 77.9 Å². The molecule has 0 aliphatic carbocycles. The number of nitrogens with one attached hydrogen (secondary N) is 2. The van der Waals surface area contributed by atoms with Crippen molar-refractivity contribution in [2.24, 2.45) is 0 Å². The zero-order valence-electron chi connectivity index (χ0n) is 8.21. The summed E-state index contributed by atoms with van der Waals surface area (Å²) in [6.45, 7) is 5.91. The van der Waals surface area contributed by atoms with Crippen LogP contribution in [0.25, 0.3) is 0 Å². The van der Waals surface area contributed by atoms with Gasteiger partial charge in [-0.05, 0) is 0 Å². The first-order chi connectivity index (χ1) is 5.71. The normalized spacial score (nSPS) is 16.9. The molecule has 1 unspecified atom stereocenters. The molecule has 1 aromatic rings. The summed E-state index contributed by atoms with van der Waals surface area (Å²) in [6, 6.07) is 0. The number of hydrogen-bond donors (Lipinski definition) is 2. The van der Waals surface area contributed by atoms with Gasteiger partial charge in [-0.25, -0.2) is 14.0 Å². The van der Waals surface area contributed by atoms with Crippen LogP contribution < -0.4 is 0 Å². The largest absolute Gasteiger partial charge is 0.262 e. The van der Waals surface area contributed by atoms with Gasteiger partial charge in [0.25, 0.3) is 0 Å². The van der Waals surface area contributed by atoms with Crippen LogP contribution in [0.2, 0.25) is 0 Å². The highest BCUT2D eigenvalue weighted by atomic mass is 32.2. The summed E-state index contributed by atoms with van der Waals surface area (Å²) in [5.41, 5.74) is -0.157. The second kappa shape index (κ2) is 2.80. The average Bonchev–Trinajstić information content (AvgIpc) is 2.28. The van der Waals surface area contributed by atoms with E-state index in [0.717, 1.165) is 0 Å². The van der Waals surface area contributed by atoms with E-state index in [2.05, 4.69) is 15.2 Å². The highest BCUT2D eigenvalue weighted by Gasteiger charge is 2.20. The molecule has 13 heavy (non-hydrogen) atoms. The van der Waals surface area contributed by atoms with Crippen molar-refractivity contribution in [2.45, 2.75) is 31.3 Å². The maximum Gasteiger partial charge on any atom is 0.246 e. The molecule has 0 aliphatic rings. The van der Waals surface area contributed by atoms with Gasteiger partial charge in [-0.2, -0.15) is 0 Å². The number of aromatic amines is 1. The Kier molecular flexibility index (Phi) is 2.19. The van der Waals surface area contributed by atoms with Crippen molar-refractivity contribution in [1.82, 2.24) is 15.2 Å². The Morgan fingerprint density at radius 2 is 2.00 bits per heavy atom. The van der Waals surface area contributed by atoms with Gasteiger partial charge in [0.1, 0.15) is 15.6 Å². The molecule has 0 saturated carbocycles. The van der Waals surface area contributed by atoms with E-state index in [4.69, 9.17) is 4.78 Å². The van der Waals surface area contributed by atoms with Gasteiger partial charge in [0.2, 0.25) is 5.16 Å². The van der Waals surface area contributed by atoms with Crippen molar-refractivity contribution in [3.05, 3.63) is 5.82 Å². The number of aromatic nitrogens is 3. The standard InChI is InChI=1S/C7H14N4OS/c1-7(2,3)5-9-6(11-10-5)13(4,8)12/h8H,1-4H3,(H,9,10,11). The fourth-order valence-electron chi connectivity index (χ4n) is 0.756. The van der Waals surface area contributed by atoms with Crippen LogP contribution in [0.5, 0.6) is 0 Å². The van der Waals surface area contributed by atoms with E-state index in [-0.39, 0.29) is 10.6 Å². The Bertz CT molecular complexity index is 398. The van der Waals surface area contributed by atoms with E-state index in [1.165, 1.54) is 6.26 Å². The highest BCUT2D eigenvalue weighted by Crippen LogP contribution is 2.18. The molecule has 0 aromatic carbocycles. The van der Waals surface area contributed by atoms with Gasteiger partial charge < -0.3 is 0 Å². The second-order valence-corrected chi connectivity index (χ2v) is 6.11. The number of rotatable bonds is 1. The topological polar surface area (TPSA) is 82.5 Å². The summed E-state index contributed by atoms with van der Waals surface area (Å²) < 4.78 is 18.5. The SMILES string of the molecule is CC(C)(C)c1nc(S(C)(=N)=O)n[nH]1. The molecule has 1 atom stereocenters. The van der Waals surface area contributed by atoms with Gasteiger partial charge in [0.05, 0.1) is 0 Å². The van der Waals surface area contributed by atoms with E-state index in [1.54, 1.807) is 0 Å². The van der Waals surface area contributed by atoms with Crippen LogP contribution in [0.1, 0.15) is 26.6 Å². The van der Waals surface area contributed by atoms with Crippen molar-refractivity contribution in [2.75, 3.05) is 6.26 Å². The molecule has 0 aliphatic heterocycles. The molecule has 0 radical (unpaired) electrons. The van der Waals surface area contributed by atoms with Crippen LogP contribution in [-0.4, -0.2) is 25.6 Å². The molecular formula is C7H14N4OS. The summed E-state index contributed by atoms with van der Waals surface area (Å²) >= 11 is 0. The summed E-state index contributed by atoms with van der Waals surface area (Å²) in [7, 11) is -2.80. The number of H-pyrrole nitrogens is 1. The summed E-state index contributed by atoms with van der Waals surface area (Å²) in [4.78, 5) is 4.02. The number of hydrogen-bond acceptors (Lipinski definition) is 4. The maximum absolute atomic E-state index is 11.3. The van der Waals surface area contributed by atoms with Crippen LogP contribution in [0.15, 0.2) is 5.16 Å². The van der Waals surface area contributed by atoms with Gasteiger partial charge in [0.15, 0.2) is 0 Å². The van der Waals surface area contributed by atoms with Gasteiger partial charge >= 0.3 is 0 Å². The maximum atomic E-state index is 11.3. The van der Waals surface area contributed by atoms with E-state index in [1.807, 2.05) is 20.8 Å². The minimum Gasteiger partial charge on any atom is -0.262 e. The summed E-state index contributed by atoms with van der Waals surface area (Å²) in [6.07, 6.45) is 1.31. The van der Waals surface area contributed by atoms with Gasteiger partial charge in [-0.3, -0.25) is 5.10 Å². The zero-order chi connectivity index (χ0) is 10.3. The lowest BCUT2D eigenvalue weighted by molar-refractivity contribution is 0.547. The first-order valence-electron chi connectivity index (χ1n) is 3.88. The molecule has 0 amide bonds. The van der Waals surface area contributed by atoms with Crippen molar-refractivity contribution < 1.29 is 4.21 Å². The van der Waals surface area contributed by atoms with Crippen LogP contribution in [0.4, 0.5) is 0 Å². The smallest absolute Gasteiger partial charge is 0.246 e. The summed E-state index contributed by atoms with van der Waals surface area (Å²) in [5, 5.41) is 6.53. The van der Waals surface area contributed by atoms with Crippen molar-refractivity contribution >= 4 is 9.73 Å².